The van der Waals surface area contributed by atoms with Crippen LogP contribution in [0.3, 0.4) is 0 Å². The minimum Gasteiger partial charge on any atom is -0.480 e. The summed E-state index contributed by atoms with van der Waals surface area (Å²) in [6.07, 6.45) is 5.29. The fourth-order valence-corrected chi connectivity index (χ4v) is 5.32. The molecular formula is C27H37N5O5. The van der Waals surface area contributed by atoms with E-state index in [0.717, 1.165) is 35.9 Å². The second-order valence-corrected chi connectivity index (χ2v) is 10.2. The third-order valence-corrected chi connectivity index (χ3v) is 7.71. The fourth-order valence-electron chi connectivity index (χ4n) is 5.32. The molecule has 1 aromatic heterocycles. The number of rotatable bonds is 10. The molecule has 3 amide bonds. The molecule has 10 nitrogen and oxygen atoms in total. The maximum Gasteiger partial charge on any atom is 0.326 e. The minimum atomic E-state index is -1.14. The van der Waals surface area contributed by atoms with Crippen LogP contribution in [0.5, 0.6) is 0 Å². The molecule has 37 heavy (non-hydrogen) atoms. The third-order valence-electron chi connectivity index (χ3n) is 7.71. The second kappa shape index (κ2) is 11.8. The highest BCUT2D eigenvalue weighted by molar-refractivity contribution is 5.95. The Morgan fingerprint density at radius 3 is 2.59 bits per heavy atom. The summed E-state index contributed by atoms with van der Waals surface area (Å²) in [5.41, 5.74) is 1.69. The Hall–Kier alpha value is -3.40. The van der Waals surface area contributed by atoms with E-state index in [4.69, 9.17) is 0 Å². The molecule has 5 unspecified atom stereocenters. The van der Waals surface area contributed by atoms with E-state index in [1.807, 2.05) is 38.1 Å². The van der Waals surface area contributed by atoms with Crippen LogP contribution in [0.2, 0.25) is 0 Å². The molecule has 2 aliphatic rings. The van der Waals surface area contributed by atoms with Gasteiger partial charge >= 0.3 is 5.97 Å². The Labute approximate surface area is 216 Å². The lowest BCUT2D eigenvalue weighted by Crippen LogP contribution is -2.58. The summed E-state index contributed by atoms with van der Waals surface area (Å²) >= 11 is 0. The van der Waals surface area contributed by atoms with Crippen LogP contribution >= 0.6 is 0 Å². The number of hydrogen-bond acceptors (Lipinski definition) is 5. The summed E-state index contributed by atoms with van der Waals surface area (Å²) in [5.74, 6) is -2.22. The monoisotopic (exact) mass is 511 g/mol. The van der Waals surface area contributed by atoms with Crippen LogP contribution in [-0.2, 0) is 25.6 Å². The number of para-hydroxylation sites is 1. The Morgan fingerprint density at radius 1 is 1.11 bits per heavy atom. The molecule has 5 atom stereocenters. The number of aromatic nitrogens is 1. The van der Waals surface area contributed by atoms with Crippen LogP contribution in [0.1, 0.15) is 51.5 Å². The van der Waals surface area contributed by atoms with Gasteiger partial charge in [-0.3, -0.25) is 14.4 Å². The number of aliphatic carboxylic acids is 1. The topological polar surface area (TPSA) is 144 Å². The fraction of sp³-hybridized carbons (Fsp3) is 0.556. The molecule has 2 saturated heterocycles. The molecule has 200 valence electrons. The van der Waals surface area contributed by atoms with Crippen molar-refractivity contribution in [3.05, 3.63) is 36.0 Å². The zero-order chi connectivity index (χ0) is 26.5. The van der Waals surface area contributed by atoms with Gasteiger partial charge < -0.3 is 30.9 Å². The van der Waals surface area contributed by atoms with Crippen LogP contribution < -0.4 is 16.0 Å². The largest absolute Gasteiger partial charge is 0.480 e. The van der Waals surface area contributed by atoms with Crippen molar-refractivity contribution < 1.29 is 24.3 Å². The van der Waals surface area contributed by atoms with Crippen molar-refractivity contribution in [3.63, 3.8) is 0 Å². The number of hydrogen-bond donors (Lipinski definition) is 5. The Balaban J connectivity index is 1.45. The zero-order valence-corrected chi connectivity index (χ0v) is 21.5. The van der Waals surface area contributed by atoms with Crippen molar-refractivity contribution in [1.82, 2.24) is 25.8 Å². The maximum absolute atomic E-state index is 13.6. The predicted octanol–water partition coefficient (Wildman–Crippen LogP) is 1.55. The van der Waals surface area contributed by atoms with Crippen LogP contribution in [0.4, 0.5) is 0 Å². The first kappa shape index (κ1) is 26.7. The first-order chi connectivity index (χ1) is 17.8. The standard InChI is InChI=1S/C27H37N5O5/c1-3-16(2)23(31-24(33)20-10-6-12-28-20)26(35)32-13-7-11-22(32)25(34)30-21(27(36)37)14-17-15-29-19-9-5-4-8-18(17)19/h4-5,8-9,15-16,20-23,28-29H,3,6-7,10-14H2,1-2H3,(H,30,34)(H,31,33)(H,36,37). The van der Waals surface area contributed by atoms with E-state index in [2.05, 4.69) is 20.9 Å². The number of aromatic amines is 1. The smallest absolute Gasteiger partial charge is 0.326 e. The van der Waals surface area contributed by atoms with Gasteiger partial charge in [-0.2, -0.15) is 0 Å². The van der Waals surface area contributed by atoms with Crippen LogP contribution in [0.25, 0.3) is 10.9 Å². The Kier molecular flexibility index (Phi) is 8.48. The molecule has 0 aliphatic carbocycles. The van der Waals surface area contributed by atoms with Gasteiger partial charge in [0.05, 0.1) is 6.04 Å². The summed E-state index contributed by atoms with van der Waals surface area (Å²) in [6, 6.07) is 4.63. The highest BCUT2D eigenvalue weighted by Crippen LogP contribution is 2.23. The van der Waals surface area contributed by atoms with Gasteiger partial charge in [0.1, 0.15) is 18.1 Å². The molecule has 2 aromatic rings. The molecule has 4 rings (SSSR count). The number of carboxylic acid groups (broad SMARTS) is 1. The van der Waals surface area contributed by atoms with E-state index in [1.54, 1.807) is 6.20 Å². The Morgan fingerprint density at radius 2 is 1.89 bits per heavy atom. The van der Waals surface area contributed by atoms with Gasteiger partial charge in [-0.15, -0.1) is 0 Å². The van der Waals surface area contributed by atoms with E-state index in [-0.39, 0.29) is 30.2 Å². The molecule has 10 heteroatoms. The highest BCUT2D eigenvalue weighted by atomic mass is 16.4. The molecule has 0 bridgehead atoms. The van der Waals surface area contributed by atoms with Crippen LogP contribution in [-0.4, -0.2) is 75.9 Å². The summed E-state index contributed by atoms with van der Waals surface area (Å²) in [6.45, 7) is 5.04. The lowest BCUT2D eigenvalue weighted by molar-refractivity contribution is -0.145. The third kappa shape index (κ3) is 5.95. The Bertz CT molecular complexity index is 1140. The number of nitrogens with one attached hydrogen (secondary N) is 4. The lowest BCUT2D eigenvalue weighted by Gasteiger charge is -2.32. The highest BCUT2D eigenvalue weighted by Gasteiger charge is 2.40. The number of carboxylic acids is 1. The predicted molar refractivity (Wildman–Crippen MR) is 139 cm³/mol. The van der Waals surface area contributed by atoms with Crippen molar-refractivity contribution in [2.75, 3.05) is 13.1 Å². The first-order valence-corrected chi connectivity index (χ1v) is 13.2. The summed E-state index contributed by atoms with van der Waals surface area (Å²) in [5, 5.41) is 19.5. The molecular weight excluding hydrogens is 474 g/mol. The molecule has 3 heterocycles. The van der Waals surface area contributed by atoms with E-state index in [1.165, 1.54) is 4.90 Å². The zero-order valence-electron chi connectivity index (χ0n) is 21.5. The summed E-state index contributed by atoms with van der Waals surface area (Å²) < 4.78 is 0. The molecule has 1 aromatic carbocycles. The quantitative estimate of drug-likeness (QED) is 0.328. The molecule has 0 radical (unpaired) electrons. The number of carbonyl (C=O) groups is 4. The van der Waals surface area contributed by atoms with E-state index in [9.17, 15) is 24.3 Å². The van der Waals surface area contributed by atoms with Crippen molar-refractivity contribution in [2.24, 2.45) is 5.92 Å². The molecule has 0 saturated carbocycles. The van der Waals surface area contributed by atoms with Gasteiger partial charge in [0.15, 0.2) is 0 Å². The number of amides is 3. The van der Waals surface area contributed by atoms with E-state index in [0.29, 0.717) is 25.8 Å². The number of benzene rings is 1. The van der Waals surface area contributed by atoms with Crippen molar-refractivity contribution in [3.8, 4) is 0 Å². The van der Waals surface area contributed by atoms with Gasteiger partial charge in [-0.25, -0.2) is 4.79 Å². The number of H-pyrrole nitrogens is 1. The molecule has 2 fully saturated rings. The van der Waals surface area contributed by atoms with Gasteiger partial charge in [0.25, 0.3) is 0 Å². The van der Waals surface area contributed by atoms with Gasteiger partial charge in [0, 0.05) is 30.1 Å². The van der Waals surface area contributed by atoms with Gasteiger partial charge in [0.2, 0.25) is 17.7 Å². The summed E-state index contributed by atoms with van der Waals surface area (Å²) in [7, 11) is 0. The molecule has 5 N–H and O–H groups in total. The maximum atomic E-state index is 13.6. The van der Waals surface area contributed by atoms with E-state index >= 15 is 0 Å². The van der Waals surface area contributed by atoms with Crippen LogP contribution in [0.15, 0.2) is 30.5 Å². The summed E-state index contributed by atoms with van der Waals surface area (Å²) in [4.78, 5) is 56.4. The lowest BCUT2D eigenvalue weighted by atomic mass is 9.96. The van der Waals surface area contributed by atoms with Crippen molar-refractivity contribution in [2.45, 2.75) is 76.5 Å². The number of nitrogens with zero attached hydrogens (tertiary/aromatic N) is 1. The minimum absolute atomic E-state index is 0.115. The van der Waals surface area contributed by atoms with Gasteiger partial charge in [-0.1, -0.05) is 38.5 Å². The molecule has 2 aliphatic heterocycles. The average Bonchev–Trinajstić information content (AvgIpc) is 3.67. The first-order valence-electron chi connectivity index (χ1n) is 13.2. The normalized spacial score (nSPS) is 21.9. The van der Waals surface area contributed by atoms with Crippen molar-refractivity contribution in [1.29, 1.82) is 0 Å². The van der Waals surface area contributed by atoms with Crippen molar-refractivity contribution >= 4 is 34.6 Å². The number of carbonyl (C=O) groups excluding carboxylic acids is 3. The SMILES string of the molecule is CCC(C)C(NC(=O)C1CCCN1)C(=O)N1CCCC1C(=O)NC(Cc1c[nH]c2ccccc12)C(=O)O. The van der Waals surface area contributed by atoms with Gasteiger partial charge in [-0.05, 0) is 49.8 Å². The second-order valence-electron chi connectivity index (χ2n) is 10.2. The number of likely N-dealkylation sites (tertiary alicyclic amines) is 1. The number of fused-ring (bicyclic) bond motifs is 1. The average molecular weight is 512 g/mol. The van der Waals surface area contributed by atoms with E-state index < -0.39 is 30.0 Å². The van der Waals surface area contributed by atoms with Crippen LogP contribution in [0, 0.1) is 5.92 Å². The molecule has 0 spiro atoms.